The van der Waals surface area contributed by atoms with E-state index >= 15 is 0 Å². The summed E-state index contributed by atoms with van der Waals surface area (Å²) in [5.41, 5.74) is 0.0882. The van der Waals surface area contributed by atoms with Crippen LogP contribution in [0.3, 0.4) is 0 Å². The Morgan fingerprint density at radius 3 is 2.93 bits per heavy atom. The van der Waals surface area contributed by atoms with Crippen molar-refractivity contribution in [3.05, 3.63) is 34.0 Å². The van der Waals surface area contributed by atoms with E-state index in [9.17, 15) is 0 Å². The first-order chi connectivity index (χ1) is 13.1. The number of aryl methyl sites for hydroxylation is 2. The summed E-state index contributed by atoms with van der Waals surface area (Å²) >= 11 is 1.81. The van der Waals surface area contributed by atoms with Gasteiger partial charge in [-0.25, -0.2) is 0 Å². The number of nitrogens with one attached hydrogen (secondary N) is 2. The SMILES string of the molecule is CN=C(NCCCc1nnc2n1CCCCC2)NCC(C)(C)c1cccs1. The molecular formula is C20H32N6S. The van der Waals surface area contributed by atoms with Crippen LogP contribution in [0, 0.1) is 0 Å². The summed E-state index contributed by atoms with van der Waals surface area (Å²) in [6.45, 7) is 7.32. The van der Waals surface area contributed by atoms with Crippen molar-refractivity contribution in [3.63, 3.8) is 0 Å². The first-order valence-corrected chi connectivity index (χ1v) is 10.9. The minimum atomic E-state index is 0.0882. The summed E-state index contributed by atoms with van der Waals surface area (Å²) in [4.78, 5) is 5.74. The van der Waals surface area contributed by atoms with Gasteiger partial charge in [0.1, 0.15) is 11.6 Å². The average molecular weight is 389 g/mol. The van der Waals surface area contributed by atoms with Crippen LogP contribution in [0.15, 0.2) is 22.5 Å². The van der Waals surface area contributed by atoms with Gasteiger partial charge in [0.05, 0.1) is 0 Å². The predicted molar refractivity (Wildman–Crippen MR) is 113 cm³/mol. The first-order valence-electron chi connectivity index (χ1n) is 9.99. The van der Waals surface area contributed by atoms with E-state index in [0.29, 0.717) is 0 Å². The lowest BCUT2D eigenvalue weighted by molar-refractivity contribution is 0.518. The Bertz CT molecular complexity index is 732. The number of hydrogen-bond acceptors (Lipinski definition) is 4. The molecule has 2 N–H and O–H groups in total. The normalized spacial score (nSPS) is 15.3. The quantitative estimate of drug-likeness (QED) is 0.434. The third-order valence-corrected chi connectivity index (χ3v) is 6.40. The van der Waals surface area contributed by atoms with Crippen molar-refractivity contribution in [1.29, 1.82) is 0 Å². The van der Waals surface area contributed by atoms with E-state index in [1.807, 2.05) is 7.05 Å². The van der Waals surface area contributed by atoms with E-state index in [2.05, 4.69) is 61.8 Å². The largest absolute Gasteiger partial charge is 0.356 e. The molecule has 0 unspecified atom stereocenters. The molecule has 0 radical (unpaired) electrons. The maximum Gasteiger partial charge on any atom is 0.191 e. The Labute approximate surface area is 166 Å². The maximum absolute atomic E-state index is 4.41. The fraction of sp³-hybridized carbons (Fsp3) is 0.650. The van der Waals surface area contributed by atoms with Gasteiger partial charge in [-0.1, -0.05) is 26.3 Å². The molecule has 0 amide bonds. The minimum Gasteiger partial charge on any atom is -0.356 e. The van der Waals surface area contributed by atoms with E-state index in [1.54, 1.807) is 11.3 Å². The molecule has 3 heterocycles. The van der Waals surface area contributed by atoms with Gasteiger partial charge in [-0.15, -0.1) is 21.5 Å². The van der Waals surface area contributed by atoms with Gasteiger partial charge in [-0.3, -0.25) is 4.99 Å². The predicted octanol–water partition coefficient (Wildman–Crippen LogP) is 3.14. The van der Waals surface area contributed by atoms with Crippen LogP contribution in [0.25, 0.3) is 0 Å². The zero-order valence-corrected chi connectivity index (χ0v) is 17.6. The lowest BCUT2D eigenvalue weighted by Crippen LogP contribution is -2.43. The fourth-order valence-corrected chi connectivity index (χ4v) is 4.31. The van der Waals surface area contributed by atoms with Crippen molar-refractivity contribution in [1.82, 2.24) is 25.4 Å². The second-order valence-corrected chi connectivity index (χ2v) is 8.76. The van der Waals surface area contributed by atoms with Crippen molar-refractivity contribution in [2.24, 2.45) is 4.99 Å². The Kier molecular flexibility index (Phi) is 6.88. The molecule has 0 saturated carbocycles. The highest BCUT2D eigenvalue weighted by molar-refractivity contribution is 7.10. The number of rotatable bonds is 7. The van der Waals surface area contributed by atoms with Gasteiger partial charge in [0, 0.05) is 49.8 Å². The molecule has 2 aromatic rings. The molecule has 1 aliphatic heterocycles. The molecule has 7 heteroatoms. The molecule has 3 rings (SSSR count). The second kappa shape index (κ2) is 9.35. The summed E-state index contributed by atoms with van der Waals surface area (Å²) in [7, 11) is 1.83. The Balaban J connectivity index is 1.42. The maximum atomic E-state index is 4.41. The minimum absolute atomic E-state index is 0.0882. The summed E-state index contributed by atoms with van der Waals surface area (Å²) in [5, 5.41) is 17.8. The summed E-state index contributed by atoms with van der Waals surface area (Å²) in [6, 6.07) is 4.31. The molecule has 0 fully saturated rings. The Morgan fingerprint density at radius 2 is 2.15 bits per heavy atom. The monoisotopic (exact) mass is 388 g/mol. The lowest BCUT2D eigenvalue weighted by Gasteiger charge is -2.25. The van der Waals surface area contributed by atoms with Crippen molar-refractivity contribution in [3.8, 4) is 0 Å². The van der Waals surface area contributed by atoms with E-state index in [4.69, 9.17) is 0 Å². The van der Waals surface area contributed by atoms with Crippen LogP contribution in [0.1, 0.15) is 56.1 Å². The smallest absolute Gasteiger partial charge is 0.191 e. The van der Waals surface area contributed by atoms with Crippen LogP contribution in [0.2, 0.25) is 0 Å². The fourth-order valence-electron chi connectivity index (χ4n) is 3.46. The number of guanidine groups is 1. The van der Waals surface area contributed by atoms with E-state index in [-0.39, 0.29) is 5.41 Å². The standard InChI is InChI=1S/C20H32N6S/c1-20(2,16-9-8-14-27-16)15-23-19(21-3)22-12-7-11-18-25-24-17-10-5-4-6-13-26(17)18/h8-9,14H,4-7,10-13,15H2,1-3H3,(H2,21,22,23). The number of thiophene rings is 1. The molecular weight excluding hydrogens is 356 g/mol. The summed E-state index contributed by atoms with van der Waals surface area (Å²) < 4.78 is 2.34. The molecule has 0 aromatic carbocycles. The third kappa shape index (κ3) is 5.31. The highest BCUT2D eigenvalue weighted by Gasteiger charge is 2.22. The van der Waals surface area contributed by atoms with Crippen LogP contribution in [-0.2, 0) is 24.8 Å². The van der Waals surface area contributed by atoms with Gasteiger partial charge < -0.3 is 15.2 Å². The van der Waals surface area contributed by atoms with Crippen LogP contribution in [-0.4, -0.2) is 40.9 Å². The number of fused-ring (bicyclic) bond motifs is 1. The average Bonchev–Trinajstić information content (AvgIpc) is 3.27. The topological polar surface area (TPSA) is 67.1 Å². The zero-order chi connectivity index (χ0) is 19.1. The molecule has 2 aromatic heterocycles. The lowest BCUT2D eigenvalue weighted by atomic mass is 9.91. The zero-order valence-electron chi connectivity index (χ0n) is 16.8. The van der Waals surface area contributed by atoms with E-state index in [0.717, 1.165) is 50.7 Å². The van der Waals surface area contributed by atoms with Crippen LogP contribution < -0.4 is 10.6 Å². The molecule has 0 saturated heterocycles. The molecule has 0 spiro atoms. The second-order valence-electron chi connectivity index (χ2n) is 7.81. The van der Waals surface area contributed by atoms with Crippen molar-refractivity contribution < 1.29 is 0 Å². The Hall–Kier alpha value is -1.89. The van der Waals surface area contributed by atoms with E-state index in [1.165, 1.54) is 30.0 Å². The van der Waals surface area contributed by atoms with Gasteiger partial charge in [-0.05, 0) is 30.7 Å². The first kappa shape index (κ1) is 19.9. The van der Waals surface area contributed by atoms with Gasteiger partial charge in [0.15, 0.2) is 5.96 Å². The molecule has 0 bridgehead atoms. The van der Waals surface area contributed by atoms with Crippen molar-refractivity contribution in [2.75, 3.05) is 20.1 Å². The third-order valence-electron chi connectivity index (χ3n) is 5.17. The van der Waals surface area contributed by atoms with E-state index < -0.39 is 0 Å². The summed E-state index contributed by atoms with van der Waals surface area (Å²) in [5.74, 6) is 3.17. The summed E-state index contributed by atoms with van der Waals surface area (Å²) in [6.07, 6.45) is 6.83. The highest BCUT2D eigenvalue weighted by atomic mass is 32.1. The van der Waals surface area contributed by atoms with Gasteiger partial charge >= 0.3 is 0 Å². The Morgan fingerprint density at radius 1 is 1.26 bits per heavy atom. The number of aromatic nitrogens is 3. The molecule has 1 aliphatic rings. The molecule has 0 atom stereocenters. The van der Waals surface area contributed by atoms with Crippen LogP contribution >= 0.6 is 11.3 Å². The van der Waals surface area contributed by atoms with Gasteiger partial charge in [-0.2, -0.15) is 0 Å². The van der Waals surface area contributed by atoms with Crippen LogP contribution in [0.4, 0.5) is 0 Å². The molecule has 27 heavy (non-hydrogen) atoms. The van der Waals surface area contributed by atoms with Crippen LogP contribution in [0.5, 0.6) is 0 Å². The molecule has 148 valence electrons. The number of hydrogen-bond donors (Lipinski definition) is 2. The van der Waals surface area contributed by atoms with Crippen molar-refractivity contribution in [2.45, 2.75) is 64.3 Å². The molecule has 0 aliphatic carbocycles. The van der Waals surface area contributed by atoms with Gasteiger partial charge in [0.25, 0.3) is 0 Å². The highest BCUT2D eigenvalue weighted by Crippen LogP contribution is 2.26. The number of nitrogens with zero attached hydrogens (tertiary/aromatic N) is 4. The van der Waals surface area contributed by atoms with Crippen molar-refractivity contribution >= 4 is 17.3 Å². The molecule has 6 nitrogen and oxygen atoms in total. The number of aliphatic imine (C=N–C) groups is 1. The van der Waals surface area contributed by atoms with Gasteiger partial charge in [0.2, 0.25) is 0 Å².